The summed E-state index contributed by atoms with van der Waals surface area (Å²) in [6.45, 7) is 4.99. The molecule has 0 bridgehead atoms. The van der Waals surface area contributed by atoms with E-state index in [-0.39, 0.29) is 29.7 Å². The average molecular weight is 520 g/mol. The summed E-state index contributed by atoms with van der Waals surface area (Å²) in [5.41, 5.74) is 2.05. The first-order valence-electron chi connectivity index (χ1n) is 8.50. The van der Waals surface area contributed by atoms with Crippen molar-refractivity contribution < 1.29 is 8.42 Å². The maximum Gasteiger partial charge on any atom is 0.194 e. The zero-order valence-corrected chi connectivity index (χ0v) is 19.6. The molecule has 0 aliphatic carbocycles. The molecule has 1 fully saturated rings. The molecule has 0 radical (unpaired) electrons. The molecule has 1 aliphatic heterocycles. The van der Waals surface area contributed by atoms with Crippen molar-refractivity contribution >= 4 is 51.1 Å². The molecule has 2 heterocycles. The lowest BCUT2D eigenvalue weighted by Crippen LogP contribution is -2.57. The maximum absolute atomic E-state index is 12.2. The Hall–Kier alpha value is -1.20. The summed E-state index contributed by atoms with van der Waals surface area (Å²) < 4.78 is 23.6. The molecule has 148 valence electrons. The Morgan fingerprint density at radius 3 is 2.67 bits per heavy atom. The Balaban J connectivity index is 0.00000261. The summed E-state index contributed by atoms with van der Waals surface area (Å²) in [6, 6.07) is 10.1. The van der Waals surface area contributed by atoms with Crippen LogP contribution in [0.25, 0.3) is 10.6 Å². The van der Waals surface area contributed by atoms with E-state index in [0.717, 1.165) is 16.3 Å². The van der Waals surface area contributed by atoms with Crippen molar-refractivity contribution in [2.75, 3.05) is 25.9 Å². The van der Waals surface area contributed by atoms with Gasteiger partial charge in [0.2, 0.25) is 0 Å². The fourth-order valence-electron chi connectivity index (χ4n) is 2.93. The van der Waals surface area contributed by atoms with E-state index in [1.54, 1.807) is 32.2 Å². The van der Waals surface area contributed by atoms with Gasteiger partial charge >= 0.3 is 0 Å². The van der Waals surface area contributed by atoms with Crippen molar-refractivity contribution in [3.63, 3.8) is 0 Å². The van der Waals surface area contributed by atoms with Crippen LogP contribution in [0.4, 0.5) is 0 Å². The van der Waals surface area contributed by atoms with E-state index in [1.807, 2.05) is 40.6 Å². The van der Waals surface area contributed by atoms with Gasteiger partial charge in [-0.05, 0) is 13.8 Å². The van der Waals surface area contributed by atoms with Gasteiger partial charge in [0.15, 0.2) is 15.8 Å². The molecule has 6 nitrogen and oxygen atoms in total. The summed E-state index contributed by atoms with van der Waals surface area (Å²) in [6.07, 6.45) is 0. The maximum atomic E-state index is 12.2. The lowest BCUT2D eigenvalue weighted by atomic mass is 10.2. The molecule has 0 saturated carbocycles. The first kappa shape index (κ1) is 22.1. The van der Waals surface area contributed by atoms with E-state index < -0.39 is 14.6 Å². The van der Waals surface area contributed by atoms with Crippen LogP contribution in [0.2, 0.25) is 0 Å². The second-order valence-electron chi connectivity index (χ2n) is 6.91. The Morgan fingerprint density at radius 1 is 1.33 bits per heavy atom. The van der Waals surface area contributed by atoms with Crippen LogP contribution in [0.15, 0.2) is 40.7 Å². The highest BCUT2D eigenvalue weighted by atomic mass is 127. The highest BCUT2D eigenvalue weighted by Gasteiger charge is 2.40. The van der Waals surface area contributed by atoms with Crippen molar-refractivity contribution in [1.82, 2.24) is 15.2 Å². The van der Waals surface area contributed by atoms with Crippen LogP contribution in [0.3, 0.4) is 0 Å². The molecule has 0 spiro atoms. The fourth-order valence-corrected chi connectivity index (χ4v) is 5.12. The molecule has 1 aromatic carbocycles. The van der Waals surface area contributed by atoms with Gasteiger partial charge in [0.05, 0.1) is 22.7 Å². The Morgan fingerprint density at radius 2 is 2.04 bits per heavy atom. The lowest BCUT2D eigenvalue weighted by molar-refractivity contribution is 0.353. The van der Waals surface area contributed by atoms with E-state index in [0.29, 0.717) is 25.6 Å². The van der Waals surface area contributed by atoms with Gasteiger partial charge in [-0.2, -0.15) is 0 Å². The van der Waals surface area contributed by atoms with Gasteiger partial charge in [0.1, 0.15) is 5.01 Å². The third kappa shape index (κ3) is 5.00. The molecule has 27 heavy (non-hydrogen) atoms. The molecule has 3 rings (SSSR count). The second kappa shape index (κ2) is 8.87. The molecule has 0 unspecified atom stereocenters. The van der Waals surface area contributed by atoms with Gasteiger partial charge < -0.3 is 10.2 Å². The van der Waals surface area contributed by atoms with Crippen molar-refractivity contribution in [3.8, 4) is 10.6 Å². The minimum Gasteiger partial charge on any atom is -0.351 e. The summed E-state index contributed by atoms with van der Waals surface area (Å²) >= 11 is 1.61. The van der Waals surface area contributed by atoms with Gasteiger partial charge in [-0.15, -0.1) is 35.3 Å². The molecule has 1 N–H and O–H groups in total. The number of sulfone groups is 1. The van der Waals surface area contributed by atoms with E-state index >= 15 is 0 Å². The quantitative estimate of drug-likeness (QED) is 0.383. The monoisotopic (exact) mass is 520 g/mol. The van der Waals surface area contributed by atoms with Crippen LogP contribution < -0.4 is 5.32 Å². The Kier molecular flexibility index (Phi) is 7.26. The first-order chi connectivity index (χ1) is 12.3. The van der Waals surface area contributed by atoms with Crippen LogP contribution in [0.1, 0.15) is 19.5 Å². The molecule has 2 aromatic rings. The van der Waals surface area contributed by atoms with Gasteiger partial charge in [-0.1, -0.05) is 30.3 Å². The number of hydrogen-bond acceptors (Lipinski definition) is 5. The summed E-state index contributed by atoms with van der Waals surface area (Å²) in [5, 5.41) is 6.33. The van der Waals surface area contributed by atoms with Crippen molar-refractivity contribution in [1.29, 1.82) is 0 Å². The van der Waals surface area contributed by atoms with Crippen molar-refractivity contribution in [2.24, 2.45) is 4.99 Å². The molecular weight excluding hydrogens is 495 g/mol. The number of benzene rings is 1. The van der Waals surface area contributed by atoms with Crippen molar-refractivity contribution in [2.45, 2.75) is 25.1 Å². The molecule has 1 saturated heterocycles. The van der Waals surface area contributed by atoms with E-state index in [2.05, 4.69) is 15.3 Å². The zero-order chi connectivity index (χ0) is 18.8. The van der Waals surface area contributed by atoms with Crippen LogP contribution in [0.5, 0.6) is 0 Å². The number of guanidine groups is 1. The first-order valence-corrected chi connectivity index (χ1v) is 11.0. The van der Waals surface area contributed by atoms with E-state index in [1.165, 1.54) is 0 Å². The number of thiazole rings is 1. The van der Waals surface area contributed by atoms with Gasteiger partial charge in [-0.3, -0.25) is 4.99 Å². The minimum atomic E-state index is -3.07. The number of aliphatic imine (C=N–C) groups is 1. The van der Waals surface area contributed by atoms with Crippen molar-refractivity contribution in [3.05, 3.63) is 41.4 Å². The Labute approximate surface area is 182 Å². The predicted octanol–water partition coefficient (Wildman–Crippen LogP) is 3.01. The third-order valence-electron chi connectivity index (χ3n) is 4.55. The summed E-state index contributed by atoms with van der Waals surface area (Å²) in [7, 11) is -1.35. The van der Waals surface area contributed by atoms with Crippen LogP contribution in [-0.2, 0) is 16.4 Å². The van der Waals surface area contributed by atoms with E-state index in [9.17, 15) is 8.42 Å². The molecular formula is C18H25IN4O2S2. The van der Waals surface area contributed by atoms with Gasteiger partial charge in [-0.25, -0.2) is 13.4 Å². The van der Waals surface area contributed by atoms with E-state index in [4.69, 9.17) is 0 Å². The molecule has 0 amide bonds. The zero-order valence-electron chi connectivity index (χ0n) is 15.7. The fraction of sp³-hybridized carbons (Fsp3) is 0.444. The standard InChI is InChI=1S/C18H24N4O2S2.HI/c1-18(2)13-22(9-10-26(18,23)24)17(19-3)20-11-15-12-25-16(21-15)14-7-5-4-6-8-14;/h4-8,12H,9-11,13H2,1-3H3,(H,19,20);1H. The van der Waals surface area contributed by atoms with Crippen LogP contribution >= 0.6 is 35.3 Å². The number of aromatic nitrogens is 1. The molecule has 1 aliphatic rings. The second-order valence-corrected chi connectivity index (χ2v) is 10.5. The predicted molar refractivity (Wildman–Crippen MR) is 123 cm³/mol. The van der Waals surface area contributed by atoms with Gasteiger partial charge in [0, 0.05) is 31.1 Å². The van der Waals surface area contributed by atoms with Crippen LogP contribution in [0, 0.1) is 0 Å². The highest BCUT2D eigenvalue weighted by Crippen LogP contribution is 2.25. The number of nitrogens with one attached hydrogen (secondary N) is 1. The summed E-state index contributed by atoms with van der Waals surface area (Å²) in [5.74, 6) is 0.859. The minimum absolute atomic E-state index is 0. The SMILES string of the molecule is CN=C(NCc1csc(-c2ccccc2)n1)N1CCS(=O)(=O)C(C)(C)C1.I. The number of halogens is 1. The number of nitrogens with zero attached hydrogens (tertiary/aromatic N) is 3. The lowest BCUT2D eigenvalue weighted by Gasteiger charge is -2.39. The number of hydrogen-bond donors (Lipinski definition) is 1. The average Bonchev–Trinajstić information content (AvgIpc) is 3.08. The van der Waals surface area contributed by atoms with Gasteiger partial charge in [0.25, 0.3) is 0 Å². The normalized spacial score (nSPS) is 18.6. The van der Waals surface area contributed by atoms with Crippen LogP contribution in [-0.4, -0.2) is 54.9 Å². The molecule has 9 heteroatoms. The topological polar surface area (TPSA) is 74.7 Å². The number of rotatable bonds is 3. The highest BCUT2D eigenvalue weighted by molar-refractivity contribution is 14.0. The summed E-state index contributed by atoms with van der Waals surface area (Å²) in [4.78, 5) is 11.0. The largest absolute Gasteiger partial charge is 0.351 e. The molecule has 1 aromatic heterocycles. The Bertz CT molecular complexity index is 895. The molecule has 0 atom stereocenters. The third-order valence-corrected chi connectivity index (χ3v) is 8.03. The smallest absolute Gasteiger partial charge is 0.194 e.